The summed E-state index contributed by atoms with van der Waals surface area (Å²) in [6.45, 7) is 1.70. The monoisotopic (exact) mass is 336 g/mol. The fourth-order valence-electron chi connectivity index (χ4n) is 1.82. The van der Waals surface area contributed by atoms with E-state index in [1.54, 1.807) is 24.6 Å². The van der Waals surface area contributed by atoms with Crippen LogP contribution in [0.5, 0.6) is 5.75 Å². The minimum atomic E-state index is -0.577. The van der Waals surface area contributed by atoms with Crippen LogP contribution in [0, 0.1) is 5.82 Å². The molecule has 0 aliphatic rings. The van der Waals surface area contributed by atoms with Crippen molar-refractivity contribution in [2.45, 2.75) is 13.0 Å². The Morgan fingerprint density at radius 3 is 2.50 bits per heavy atom. The molecule has 0 unspecified atom stereocenters. The summed E-state index contributed by atoms with van der Waals surface area (Å²) in [5.41, 5.74) is 6.22. The van der Waals surface area contributed by atoms with Crippen LogP contribution in [-0.2, 0) is 7.05 Å². The van der Waals surface area contributed by atoms with Gasteiger partial charge in [0.25, 0.3) is 0 Å². The van der Waals surface area contributed by atoms with Crippen LogP contribution in [0.3, 0.4) is 0 Å². The first kappa shape index (κ1) is 15.3. The molecule has 0 saturated heterocycles. The molecule has 20 heavy (non-hydrogen) atoms. The van der Waals surface area contributed by atoms with E-state index < -0.39 is 11.9 Å². The lowest BCUT2D eigenvalue weighted by atomic mass is 10.1. The van der Waals surface area contributed by atoms with E-state index in [4.69, 9.17) is 45.3 Å². The molecule has 1 aromatic heterocycles. The van der Waals surface area contributed by atoms with Gasteiger partial charge in [-0.15, -0.1) is 0 Å². The van der Waals surface area contributed by atoms with E-state index in [9.17, 15) is 4.39 Å². The Bertz CT molecular complexity index is 658. The summed E-state index contributed by atoms with van der Waals surface area (Å²) in [5, 5.41) is 0.691. The topological polar surface area (TPSA) is 40.2 Å². The van der Waals surface area contributed by atoms with Gasteiger partial charge in [0.05, 0.1) is 5.02 Å². The molecule has 0 amide bonds. The highest BCUT2D eigenvalue weighted by Crippen LogP contribution is 2.37. The van der Waals surface area contributed by atoms with Crippen LogP contribution in [0.1, 0.15) is 18.6 Å². The van der Waals surface area contributed by atoms with Crippen LogP contribution in [0.15, 0.2) is 18.2 Å². The van der Waals surface area contributed by atoms with Gasteiger partial charge in [0.15, 0.2) is 5.75 Å². The molecule has 1 aromatic carbocycles. The van der Waals surface area contributed by atoms with Crippen LogP contribution >= 0.6 is 34.8 Å². The van der Waals surface area contributed by atoms with Crippen molar-refractivity contribution in [2.24, 2.45) is 7.05 Å². The third kappa shape index (κ3) is 2.68. The van der Waals surface area contributed by atoms with Crippen molar-refractivity contribution in [1.82, 2.24) is 4.57 Å². The average Bonchev–Trinajstić information content (AvgIpc) is 2.62. The van der Waals surface area contributed by atoms with Crippen LogP contribution in [0.25, 0.3) is 0 Å². The summed E-state index contributed by atoms with van der Waals surface area (Å²) >= 11 is 17.9. The molecule has 0 spiro atoms. The molecule has 2 aromatic rings. The van der Waals surface area contributed by atoms with Crippen molar-refractivity contribution >= 4 is 40.6 Å². The number of nitrogens with zero attached hydrogens (tertiary/aromatic N) is 1. The quantitative estimate of drug-likeness (QED) is 0.814. The van der Waals surface area contributed by atoms with Crippen molar-refractivity contribution in [3.05, 3.63) is 44.8 Å². The van der Waals surface area contributed by atoms with Crippen molar-refractivity contribution in [3.63, 3.8) is 0 Å². The highest BCUT2D eigenvalue weighted by molar-refractivity contribution is 6.36. The van der Waals surface area contributed by atoms with Crippen molar-refractivity contribution in [3.8, 4) is 5.75 Å². The van der Waals surface area contributed by atoms with Crippen LogP contribution in [0.2, 0.25) is 15.2 Å². The fourth-order valence-corrected chi connectivity index (χ4v) is 2.69. The third-order valence-electron chi connectivity index (χ3n) is 2.97. The summed E-state index contributed by atoms with van der Waals surface area (Å²) in [6, 6.07) is 4.21. The summed E-state index contributed by atoms with van der Waals surface area (Å²) < 4.78 is 20.8. The van der Waals surface area contributed by atoms with Gasteiger partial charge >= 0.3 is 0 Å². The summed E-state index contributed by atoms with van der Waals surface area (Å²) in [6.07, 6.45) is -0.577. The fraction of sp³-hybridized carbons (Fsp3) is 0.231. The molecular formula is C13H12Cl3FN2O. The first-order chi connectivity index (χ1) is 9.32. The van der Waals surface area contributed by atoms with E-state index in [1.807, 2.05) is 0 Å². The van der Waals surface area contributed by atoms with Crippen molar-refractivity contribution < 1.29 is 9.13 Å². The smallest absolute Gasteiger partial charge is 0.163 e. The molecule has 2 N–H and O–H groups in total. The second-order valence-corrected chi connectivity index (χ2v) is 5.46. The molecule has 7 heteroatoms. The largest absolute Gasteiger partial charge is 0.482 e. The van der Waals surface area contributed by atoms with Gasteiger partial charge in [0.1, 0.15) is 22.9 Å². The van der Waals surface area contributed by atoms with E-state index in [0.29, 0.717) is 27.3 Å². The Kier molecular flexibility index (Phi) is 4.37. The summed E-state index contributed by atoms with van der Waals surface area (Å²) in [4.78, 5) is 0. The molecule has 0 aliphatic heterocycles. The SMILES string of the molecule is C[C@@H](Oc1cc(Cl)n(C)c1N)c1c(Cl)ccc(F)c1Cl. The molecule has 1 heterocycles. The number of anilines is 1. The van der Waals surface area contributed by atoms with E-state index in [1.165, 1.54) is 12.1 Å². The molecule has 0 saturated carbocycles. The zero-order valence-corrected chi connectivity index (χ0v) is 13.0. The van der Waals surface area contributed by atoms with Crippen LogP contribution in [0.4, 0.5) is 10.2 Å². The Labute approximate surface area is 131 Å². The van der Waals surface area contributed by atoms with E-state index in [2.05, 4.69) is 0 Å². The molecule has 0 radical (unpaired) electrons. The number of nitrogens with two attached hydrogens (primary N) is 1. The van der Waals surface area contributed by atoms with Crippen LogP contribution in [-0.4, -0.2) is 4.57 Å². The first-order valence-electron chi connectivity index (χ1n) is 5.73. The summed E-state index contributed by atoms with van der Waals surface area (Å²) in [7, 11) is 1.71. The zero-order valence-electron chi connectivity index (χ0n) is 10.8. The number of hydrogen-bond acceptors (Lipinski definition) is 2. The number of ether oxygens (including phenoxy) is 1. The van der Waals surface area contributed by atoms with Gasteiger partial charge in [-0.1, -0.05) is 34.8 Å². The Balaban J connectivity index is 2.35. The van der Waals surface area contributed by atoms with Gasteiger partial charge in [0, 0.05) is 23.7 Å². The van der Waals surface area contributed by atoms with Gasteiger partial charge in [-0.2, -0.15) is 0 Å². The molecule has 0 bridgehead atoms. The lowest BCUT2D eigenvalue weighted by Crippen LogP contribution is -2.07. The highest BCUT2D eigenvalue weighted by atomic mass is 35.5. The van der Waals surface area contributed by atoms with Gasteiger partial charge in [-0.25, -0.2) is 4.39 Å². The lowest BCUT2D eigenvalue weighted by molar-refractivity contribution is 0.228. The number of aromatic nitrogens is 1. The molecule has 0 aliphatic carbocycles. The van der Waals surface area contributed by atoms with E-state index >= 15 is 0 Å². The van der Waals surface area contributed by atoms with Gasteiger partial charge in [0.2, 0.25) is 0 Å². The molecule has 0 fully saturated rings. The number of hydrogen-bond donors (Lipinski definition) is 1. The maximum Gasteiger partial charge on any atom is 0.163 e. The Morgan fingerprint density at radius 1 is 1.30 bits per heavy atom. The van der Waals surface area contributed by atoms with Crippen molar-refractivity contribution in [2.75, 3.05) is 5.73 Å². The minimum absolute atomic E-state index is 0.0643. The highest BCUT2D eigenvalue weighted by Gasteiger charge is 2.20. The number of benzene rings is 1. The summed E-state index contributed by atoms with van der Waals surface area (Å²) in [5.74, 6) is 0.201. The number of halogens is 4. The predicted molar refractivity (Wildman–Crippen MR) is 80.3 cm³/mol. The first-order valence-corrected chi connectivity index (χ1v) is 6.87. The van der Waals surface area contributed by atoms with E-state index in [-0.39, 0.29) is 5.02 Å². The molecule has 1 atom stereocenters. The maximum atomic E-state index is 13.5. The maximum absolute atomic E-state index is 13.5. The Hall–Kier alpha value is -1.10. The van der Waals surface area contributed by atoms with Gasteiger partial charge in [-0.3, -0.25) is 0 Å². The molecule has 2 rings (SSSR count). The normalized spacial score (nSPS) is 12.5. The van der Waals surface area contributed by atoms with Crippen molar-refractivity contribution in [1.29, 1.82) is 0 Å². The number of nitrogen functional groups attached to an aromatic ring is 1. The van der Waals surface area contributed by atoms with E-state index in [0.717, 1.165) is 0 Å². The molecular weight excluding hydrogens is 326 g/mol. The van der Waals surface area contributed by atoms with Gasteiger partial charge in [-0.05, 0) is 19.1 Å². The zero-order chi connectivity index (χ0) is 15.0. The second-order valence-electron chi connectivity index (χ2n) is 4.29. The lowest BCUT2D eigenvalue weighted by Gasteiger charge is -2.17. The third-order valence-corrected chi connectivity index (χ3v) is 4.05. The van der Waals surface area contributed by atoms with Gasteiger partial charge < -0.3 is 15.0 Å². The second kappa shape index (κ2) is 5.72. The predicted octanol–water partition coefficient (Wildman–Crippen LogP) is 4.85. The molecule has 3 nitrogen and oxygen atoms in total. The average molecular weight is 338 g/mol. The standard InChI is InChI=1S/C13H12Cl3FN2O/c1-6(11-7(14)3-4-8(17)12(11)16)20-9-5-10(15)19(2)13(9)18/h3-6H,18H2,1-2H3/t6-/m1/s1. The molecule has 108 valence electrons. The minimum Gasteiger partial charge on any atom is -0.482 e. The number of rotatable bonds is 3. The van der Waals surface area contributed by atoms with Crippen LogP contribution < -0.4 is 10.5 Å². The Morgan fingerprint density at radius 2 is 1.95 bits per heavy atom.